The summed E-state index contributed by atoms with van der Waals surface area (Å²) in [5, 5.41) is 10.8. The fourth-order valence-electron chi connectivity index (χ4n) is 3.89. The van der Waals surface area contributed by atoms with Crippen LogP contribution in [0.1, 0.15) is 47.6 Å². The van der Waals surface area contributed by atoms with E-state index in [4.69, 9.17) is 23.2 Å². The molecule has 1 N–H and O–H groups in total. The topological polar surface area (TPSA) is 40.5 Å². The van der Waals surface area contributed by atoms with Gasteiger partial charge in [-0.1, -0.05) is 59.5 Å². The normalized spacial score (nSPS) is 19.3. The third kappa shape index (κ3) is 3.90. The standard InChI is InChI=1S/C21H23Cl2NO2/c1-13-6-8-16(14(2)11-13)20(15-7-9-17(22)18(23)12-15)24-10-4-3-5-19(24)21(25)26/h6-9,11-12,19-20H,3-5,10H2,1-2H3,(H,25,26). The molecule has 1 aliphatic rings. The molecule has 3 nitrogen and oxygen atoms in total. The highest BCUT2D eigenvalue weighted by atomic mass is 35.5. The number of carboxylic acid groups (broad SMARTS) is 1. The van der Waals surface area contributed by atoms with Crippen molar-refractivity contribution in [3.8, 4) is 0 Å². The van der Waals surface area contributed by atoms with Gasteiger partial charge < -0.3 is 5.11 Å². The Morgan fingerprint density at radius 1 is 1.12 bits per heavy atom. The molecule has 5 heteroatoms. The number of likely N-dealkylation sites (tertiary alicyclic amines) is 1. The molecule has 0 bridgehead atoms. The van der Waals surface area contributed by atoms with Crippen LogP contribution in [0.2, 0.25) is 10.0 Å². The summed E-state index contributed by atoms with van der Waals surface area (Å²) in [4.78, 5) is 14.0. The lowest BCUT2D eigenvalue weighted by Crippen LogP contribution is -2.47. The first-order chi connectivity index (χ1) is 12.4. The molecule has 0 saturated carbocycles. The number of piperidine rings is 1. The number of aryl methyl sites for hydroxylation is 2. The minimum absolute atomic E-state index is 0.160. The molecule has 0 aliphatic carbocycles. The molecule has 1 aliphatic heterocycles. The van der Waals surface area contributed by atoms with E-state index in [2.05, 4.69) is 36.9 Å². The number of hydrogen-bond donors (Lipinski definition) is 1. The Kier molecular flexibility index (Phi) is 5.91. The molecule has 138 valence electrons. The fourth-order valence-corrected chi connectivity index (χ4v) is 4.20. The van der Waals surface area contributed by atoms with E-state index >= 15 is 0 Å². The summed E-state index contributed by atoms with van der Waals surface area (Å²) >= 11 is 12.4. The van der Waals surface area contributed by atoms with Gasteiger partial charge in [0.25, 0.3) is 0 Å². The summed E-state index contributed by atoms with van der Waals surface area (Å²) in [5.74, 6) is -0.764. The summed E-state index contributed by atoms with van der Waals surface area (Å²) in [6.45, 7) is 4.88. The Morgan fingerprint density at radius 3 is 2.54 bits per heavy atom. The Labute approximate surface area is 164 Å². The van der Waals surface area contributed by atoms with Crippen molar-refractivity contribution in [2.45, 2.75) is 45.2 Å². The highest BCUT2D eigenvalue weighted by Crippen LogP contribution is 2.38. The fraction of sp³-hybridized carbons (Fsp3) is 0.381. The van der Waals surface area contributed by atoms with Gasteiger partial charge in [0.1, 0.15) is 6.04 Å². The van der Waals surface area contributed by atoms with Crippen molar-refractivity contribution in [1.82, 2.24) is 4.90 Å². The first-order valence-corrected chi connectivity index (χ1v) is 9.64. The zero-order chi connectivity index (χ0) is 18.8. The largest absolute Gasteiger partial charge is 0.480 e. The van der Waals surface area contributed by atoms with E-state index in [0.717, 1.165) is 36.1 Å². The van der Waals surface area contributed by atoms with Crippen molar-refractivity contribution in [3.63, 3.8) is 0 Å². The number of rotatable bonds is 4. The van der Waals surface area contributed by atoms with Gasteiger partial charge in [-0.2, -0.15) is 0 Å². The molecule has 2 atom stereocenters. The lowest BCUT2D eigenvalue weighted by atomic mass is 9.89. The number of nitrogens with zero attached hydrogens (tertiary/aromatic N) is 1. The van der Waals surface area contributed by atoms with Gasteiger partial charge in [-0.15, -0.1) is 0 Å². The van der Waals surface area contributed by atoms with Crippen molar-refractivity contribution in [1.29, 1.82) is 0 Å². The number of carbonyl (C=O) groups is 1. The van der Waals surface area contributed by atoms with Crippen LogP contribution >= 0.6 is 23.2 Å². The van der Waals surface area contributed by atoms with Gasteiger partial charge in [-0.3, -0.25) is 9.69 Å². The molecule has 2 aromatic rings. The van der Waals surface area contributed by atoms with Crippen molar-refractivity contribution < 1.29 is 9.90 Å². The van der Waals surface area contributed by atoms with Gasteiger partial charge >= 0.3 is 5.97 Å². The Balaban J connectivity index is 2.14. The van der Waals surface area contributed by atoms with Gasteiger partial charge in [0, 0.05) is 0 Å². The maximum Gasteiger partial charge on any atom is 0.320 e. The quantitative estimate of drug-likeness (QED) is 0.732. The number of halogens is 2. The van der Waals surface area contributed by atoms with E-state index in [9.17, 15) is 9.90 Å². The number of carboxylic acids is 1. The Bertz CT molecular complexity index is 822. The van der Waals surface area contributed by atoms with E-state index in [-0.39, 0.29) is 6.04 Å². The van der Waals surface area contributed by atoms with Crippen LogP contribution in [0.5, 0.6) is 0 Å². The van der Waals surface area contributed by atoms with Crippen LogP contribution in [-0.2, 0) is 4.79 Å². The second-order valence-corrected chi connectivity index (χ2v) is 7.84. The first kappa shape index (κ1) is 19.2. The summed E-state index contributed by atoms with van der Waals surface area (Å²) in [5.41, 5.74) is 4.42. The molecular formula is C21H23Cl2NO2. The summed E-state index contributed by atoms with van der Waals surface area (Å²) in [6, 6.07) is 11.3. The second-order valence-electron chi connectivity index (χ2n) is 7.02. The zero-order valence-corrected chi connectivity index (χ0v) is 16.5. The van der Waals surface area contributed by atoms with Crippen LogP contribution < -0.4 is 0 Å². The molecule has 1 fully saturated rings. The number of hydrogen-bond acceptors (Lipinski definition) is 2. The molecule has 0 amide bonds. The predicted molar refractivity (Wildman–Crippen MR) is 106 cm³/mol. The van der Waals surface area contributed by atoms with Crippen molar-refractivity contribution >= 4 is 29.2 Å². The molecule has 0 spiro atoms. The summed E-state index contributed by atoms with van der Waals surface area (Å²) < 4.78 is 0. The number of benzene rings is 2. The molecule has 2 aromatic carbocycles. The van der Waals surface area contributed by atoms with Gasteiger partial charge in [-0.05, 0) is 62.1 Å². The molecular weight excluding hydrogens is 369 g/mol. The minimum atomic E-state index is -0.764. The summed E-state index contributed by atoms with van der Waals surface area (Å²) in [7, 11) is 0. The zero-order valence-electron chi connectivity index (χ0n) is 15.0. The van der Waals surface area contributed by atoms with E-state index < -0.39 is 12.0 Å². The Hall–Kier alpha value is -1.55. The van der Waals surface area contributed by atoms with Crippen molar-refractivity contribution in [3.05, 3.63) is 68.7 Å². The third-order valence-electron chi connectivity index (χ3n) is 5.14. The number of aliphatic carboxylic acids is 1. The van der Waals surface area contributed by atoms with E-state index in [1.807, 2.05) is 12.1 Å². The van der Waals surface area contributed by atoms with Crippen LogP contribution in [0.15, 0.2) is 36.4 Å². The molecule has 1 heterocycles. The monoisotopic (exact) mass is 391 g/mol. The van der Waals surface area contributed by atoms with Crippen LogP contribution in [0, 0.1) is 13.8 Å². The lowest BCUT2D eigenvalue weighted by molar-refractivity contribution is -0.145. The highest BCUT2D eigenvalue weighted by molar-refractivity contribution is 6.42. The first-order valence-electron chi connectivity index (χ1n) is 8.89. The summed E-state index contributed by atoms with van der Waals surface area (Å²) in [6.07, 6.45) is 2.60. The molecule has 1 saturated heterocycles. The van der Waals surface area contributed by atoms with Gasteiger partial charge in [-0.25, -0.2) is 0 Å². The van der Waals surface area contributed by atoms with E-state index in [1.54, 1.807) is 6.07 Å². The maximum absolute atomic E-state index is 11.9. The second kappa shape index (κ2) is 7.99. The van der Waals surface area contributed by atoms with E-state index in [0.29, 0.717) is 16.5 Å². The third-order valence-corrected chi connectivity index (χ3v) is 5.88. The van der Waals surface area contributed by atoms with Crippen LogP contribution in [-0.4, -0.2) is 28.6 Å². The molecule has 3 rings (SSSR count). The highest BCUT2D eigenvalue weighted by Gasteiger charge is 2.35. The smallest absolute Gasteiger partial charge is 0.320 e. The average Bonchev–Trinajstić information content (AvgIpc) is 2.60. The Morgan fingerprint density at radius 2 is 1.88 bits per heavy atom. The van der Waals surface area contributed by atoms with Crippen LogP contribution in [0.3, 0.4) is 0 Å². The van der Waals surface area contributed by atoms with Crippen molar-refractivity contribution in [2.24, 2.45) is 0 Å². The minimum Gasteiger partial charge on any atom is -0.480 e. The average molecular weight is 392 g/mol. The van der Waals surface area contributed by atoms with Gasteiger partial charge in [0.2, 0.25) is 0 Å². The van der Waals surface area contributed by atoms with Gasteiger partial charge in [0.05, 0.1) is 16.1 Å². The van der Waals surface area contributed by atoms with Crippen LogP contribution in [0.4, 0.5) is 0 Å². The van der Waals surface area contributed by atoms with Gasteiger partial charge in [0.15, 0.2) is 0 Å². The molecule has 2 unspecified atom stereocenters. The predicted octanol–water partition coefficient (Wildman–Crippen LogP) is 5.64. The lowest BCUT2D eigenvalue weighted by Gasteiger charge is -2.40. The molecule has 0 aromatic heterocycles. The molecule has 0 radical (unpaired) electrons. The SMILES string of the molecule is Cc1ccc(C(c2ccc(Cl)c(Cl)c2)N2CCCCC2C(=O)O)c(C)c1. The van der Waals surface area contributed by atoms with Crippen molar-refractivity contribution in [2.75, 3.05) is 6.54 Å². The maximum atomic E-state index is 11.9. The molecule has 26 heavy (non-hydrogen) atoms. The van der Waals surface area contributed by atoms with Crippen LogP contribution in [0.25, 0.3) is 0 Å². The van der Waals surface area contributed by atoms with E-state index in [1.165, 1.54) is 5.56 Å².